The highest BCUT2D eigenvalue weighted by Gasteiger charge is 2.52. The molecule has 2 fully saturated rings. The van der Waals surface area contributed by atoms with Crippen molar-refractivity contribution in [3.8, 4) is 0 Å². The van der Waals surface area contributed by atoms with E-state index in [-0.39, 0.29) is 0 Å². The first-order chi connectivity index (χ1) is 18.6. The van der Waals surface area contributed by atoms with Crippen LogP contribution in [-0.4, -0.2) is 12.2 Å². The van der Waals surface area contributed by atoms with Crippen LogP contribution in [-0.2, 0) is 17.6 Å². The first-order valence-corrected chi connectivity index (χ1v) is 17.0. The zero-order chi connectivity index (χ0) is 27.8. The minimum atomic E-state index is 0.393. The maximum atomic E-state index is 6.81. The molecule has 4 aliphatic rings. The van der Waals surface area contributed by atoms with Gasteiger partial charge >= 0.3 is 0 Å². The van der Waals surface area contributed by atoms with Gasteiger partial charge in [0.05, 0.1) is 12.2 Å². The highest BCUT2D eigenvalue weighted by molar-refractivity contribution is 5.36. The number of aryl methyl sites for hydroxylation is 1. The van der Waals surface area contributed by atoms with E-state index in [9.17, 15) is 0 Å². The lowest BCUT2D eigenvalue weighted by molar-refractivity contribution is -0.0663. The standard InChI is InChI=1S/C38H60O/c1-8-19-38(7)35(28(5)11-9-10-26(2)3)16-17-36(38)30-14-15-32-24-33(18-20-37(32,6)25-30)39-34-22-29-13-12-27(4)21-31(29)23-34/h12-15,21,26,28,30,32-36H,8-11,16-20,22-25H2,1-7H3/t28-,30+,32?,33-,34?,35?,36?,37+,38+/m1/s1. The summed E-state index contributed by atoms with van der Waals surface area (Å²) in [6.07, 6.45) is 23.6. The van der Waals surface area contributed by atoms with Gasteiger partial charge in [-0.3, -0.25) is 0 Å². The van der Waals surface area contributed by atoms with Crippen LogP contribution in [0.15, 0.2) is 30.4 Å². The summed E-state index contributed by atoms with van der Waals surface area (Å²) in [7, 11) is 0. The number of allylic oxidation sites excluding steroid dienone is 2. The van der Waals surface area contributed by atoms with Crippen molar-refractivity contribution in [3.63, 3.8) is 0 Å². The van der Waals surface area contributed by atoms with Crippen molar-refractivity contribution in [2.75, 3.05) is 0 Å². The fraction of sp³-hybridized carbons (Fsp3) is 0.789. The normalized spacial score (nSPS) is 38.7. The molecule has 1 nitrogen and oxygen atoms in total. The maximum Gasteiger partial charge on any atom is 0.0659 e. The van der Waals surface area contributed by atoms with Crippen molar-refractivity contribution in [3.05, 3.63) is 47.0 Å². The third-order valence-corrected chi connectivity index (χ3v) is 12.3. The van der Waals surface area contributed by atoms with Gasteiger partial charge in [0.25, 0.3) is 0 Å². The van der Waals surface area contributed by atoms with Gasteiger partial charge in [-0.25, -0.2) is 0 Å². The smallest absolute Gasteiger partial charge is 0.0659 e. The van der Waals surface area contributed by atoms with Gasteiger partial charge in [0, 0.05) is 0 Å². The van der Waals surface area contributed by atoms with Gasteiger partial charge in [-0.05, 0) is 122 Å². The molecule has 1 aromatic carbocycles. The van der Waals surface area contributed by atoms with E-state index in [4.69, 9.17) is 4.74 Å². The second-order valence-corrected chi connectivity index (χ2v) is 15.7. The summed E-state index contributed by atoms with van der Waals surface area (Å²) in [6.45, 7) is 17.4. The van der Waals surface area contributed by atoms with Crippen LogP contribution in [0.25, 0.3) is 0 Å². The average Bonchev–Trinajstić information content (AvgIpc) is 3.43. The molecule has 4 aliphatic carbocycles. The molecule has 9 atom stereocenters. The SMILES string of the molecule is CCC[C@@]1(C)C([C@H](C)CCCC(C)C)CCC1[C@H]1C=CC2C[C@H](OC3Cc4ccc(C)cc4C3)CC[C@@]2(C)C1. The molecule has 0 aliphatic heterocycles. The third-order valence-electron chi connectivity index (χ3n) is 12.3. The molecule has 2 saturated carbocycles. The van der Waals surface area contributed by atoms with Crippen LogP contribution in [0.4, 0.5) is 0 Å². The molecule has 0 N–H and O–H groups in total. The van der Waals surface area contributed by atoms with E-state index in [1.807, 2.05) is 0 Å². The number of ether oxygens (including phenoxy) is 1. The van der Waals surface area contributed by atoms with Crippen LogP contribution in [0.2, 0.25) is 0 Å². The Labute approximate surface area is 242 Å². The van der Waals surface area contributed by atoms with Crippen LogP contribution in [0.3, 0.4) is 0 Å². The third kappa shape index (κ3) is 6.24. The number of hydrogen-bond acceptors (Lipinski definition) is 1. The van der Waals surface area contributed by atoms with Gasteiger partial charge < -0.3 is 4.74 Å². The minimum absolute atomic E-state index is 0.393. The van der Waals surface area contributed by atoms with Crippen LogP contribution in [0, 0.1) is 53.3 Å². The maximum absolute atomic E-state index is 6.81. The van der Waals surface area contributed by atoms with Gasteiger partial charge in [0.1, 0.15) is 0 Å². The second-order valence-electron chi connectivity index (χ2n) is 15.7. The van der Waals surface area contributed by atoms with E-state index in [1.54, 1.807) is 0 Å². The van der Waals surface area contributed by atoms with Gasteiger partial charge in [-0.2, -0.15) is 0 Å². The molecule has 218 valence electrons. The molecule has 0 saturated heterocycles. The molecule has 4 unspecified atom stereocenters. The first kappa shape index (κ1) is 29.4. The molecule has 0 spiro atoms. The lowest BCUT2D eigenvalue weighted by Crippen LogP contribution is -2.44. The van der Waals surface area contributed by atoms with Crippen molar-refractivity contribution in [2.24, 2.45) is 46.3 Å². The summed E-state index contributed by atoms with van der Waals surface area (Å²) in [5.41, 5.74) is 5.41. The number of fused-ring (bicyclic) bond motifs is 2. The molecular formula is C38H60O. The fourth-order valence-corrected chi connectivity index (χ4v) is 10.2. The average molecular weight is 533 g/mol. The second kappa shape index (κ2) is 12.0. The van der Waals surface area contributed by atoms with Gasteiger partial charge in [-0.1, -0.05) is 103 Å². The van der Waals surface area contributed by atoms with Crippen molar-refractivity contribution in [1.29, 1.82) is 0 Å². The molecular weight excluding hydrogens is 472 g/mol. The Bertz CT molecular complexity index is 990. The summed E-state index contributed by atoms with van der Waals surface area (Å²) in [6, 6.07) is 6.98. The van der Waals surface area contributed by atoms with E-state index in [0.717, 1.165) is 42.4 Å². The molecule has 0 aromatic heterocycles. The van der Waals surface area contributed by atoms with Gasteiger partial charge in [0.2, 0.25) is 0 Å². The lowest BCUT2D eigenvalue weighted by atomic mass is 9.55. The number of rotatable bonds is 10. The van der Waals surface area contributed by atoms with E-state index in [2.05, 4.69) is 78.8 Å². The van der Waals surface area contributed by atoms with Crippen molar-refractivity contribution < 1.29 is 4.74 Å². The Morgan fingerprint density at radius 3 is 2.51 bits per heavy atom. The zero-order valence-corrected chi connectivity index (χ0v) is 26.6. The Morgan fingerprint density at radius 1 is 0.949 bits per heavy atom. The Hall–Kier alpha value is -1.08. The van der Waals surface area contributed by atoms with Crippen LogP contribution < -0.4 is 0 Å². The van der Waals surface area contributed by atoms with Crippen molar-refractivity contribution in [2.45, 2.75) is 144 Å². The molecule has 0 amide bonds. The molecule has 1 aromatic rings. The Morgan fingerprint density at radius 2 is 1.74 bits per heavy atom. The molecule has 39 heavy (non-hydrogen) atoms. The highest BCUT2D eigenvalue weighted by Crippen LogP contribution is 2.61. The summed E-state index contributed by atoms with van der Waals surface area (Å²) in [5.74, 6) is 4.98. The van der Waals surface area contributed by atoms with Gasteiger partial charge in [-0.15, -0.1) is 0 Å². The van der Waals surface area contributed by atoms with Gasteiger partial charge in [0.15, 0.2) is 0 Å². The van der Waals surface area contributed by atoms with E-state index < -0.39 is 0 Å². The topological polar surface area (TPSA) is 9.23 Å². The van der Waals surface area contributed by atoms with E-state index >= 15 is 0 Å². The highest BCUT2D eigenvalue weighted by atomic mass is 16.5. The number of hydrogen-bond donors (Lipinski definition) is 0. The fourth-order valence-electron chi connectivity index (χ4n) is 10.2. The monoisotopic (exact) mass is 532 g/mol. The van der Waals surface area contributed by atoms with Crippen LogP contribution >= 0.6 is 0 Å². The summed E-state index contributed by atoms with van der Waals surface area (Å²) in [5, 5.41) is 0. The molecule has 1 heteroatoms. The summed E-state index contributed by atoms with van der Waals surface area (Å²) in [4.78, 5) is 0. The molecule has 0 bridgehead atoms. The lowest BCUT2D eigenvalue weighted by Gasteiger charge is -2.51. The minimum Gasteiger partial charge on any atom is -0.374 e. The molecule has 5 rings (SSSR count). The van der Waals surface area contributed by atoms with Crippen LogP contribution in [0.5, 0.6) is 0 Å². The Balaban J connectivity index is 1.21. The van der Waals surface area contributed by atoms with Crippen molar-refractivity contribution >= 4 is 0 Å². The van der Waals surface area contributed by atoms with Crippen molar-refractivity contribution in [1.82, 2.24) is 0 Å². The van der Waals surface area contributed by atoms with E-state index in [1.165, 1.54) is 87.3 Å². The van der Waals surface area contributed by atoms with E-state index in [0.29, 0.717) is 29.0 Å². The Kier molecular flexibility index (Phi) is 9.07. The quantitative estimate of drug-likeness (QED) is 0.272. The summed E-state index contributed by atoms with van der Waals surface area (Å²) >= 11 is 0. The largest absolute Gasteiger partial charge is 0.374 e. The predicted molar refractivity (Wildman–Crippen MR) is 167 cm³/mol. The summed E-state index contributed by atoms with van der Waals surface area (Å²) < 4.78 is 6.81. The zero-order valence-electron chi connectivity index (χ0n) is 26.6. The van der Waals surface area contributed by atoms with Crippen LogP contribution in [0.1, 0.15) is 129 Å². The number of benzene rings is 1. The molecule has 0 heterocycles. The predicted octanol–water partition coefficient (Wildman–Crippen LogP) is 10.5. The first-order valence-electron chi connectivity index (χ1n) is 17.0. The molecule has 0 radical (unpaired) electrons.